The first-order chi connectivity index (χ1) is 14.1. The first-order valence-electron chi connectivity index (χ1n) is 8.73. The number of aromatic hydroxyl groups is 1. The zero-order chi connectivity index (χ0) is 22.3. The smallest absolute Gasteiger partial charge is 0.417 e. The lowest BCUT2D eigenvalue weighted by Gasteiger charge is -2.31. The zero-order valence-electron chi connectivity index (χ0n) is 15.6. The van der Waals surface area contributed by atoms with Gasteiger partial charge in [-0.25, -0.2) is 9.69 Å². The molecule has 2 aromatic rings. The van der Waals surface area contributed by atoms with Crippen LogP contribution < -0.4 is 4.90 Å². The van der Waals surface area contributed by atoms with Crippen molar-refractivity contribution in [3.05, 3.63) is 59.2 Å². The first kappa shape index (κ1) is 21.1. The number of alkyl halides is 3. The highest BCUT2D eigenvalue weighted by atomic mass is 19.4. The summed E-state index contributed by atoms with van der Waals surface area (Å²) in [6, 6.07) is 8.52. The number of urea groups is 1. The van der Waals surface area contributed by atoms with E-state index in [4.69, 9.17) is 5.26 Å². The van der Waals surface area contributed by atoms with Crippen molar-refractivity contribution in [3.8, 4) is 11.8 Å². The molecule has 0 radical (unpaired) electrons. The van der Waals surface area contributed by atoms with Gasteiger partial charge < -0.3 is 15.1 Å². The van der Waals surface area contributed by atoms with Crippen LogP contribution in [0.5, 0.6) is 5.75 Å². The van der Waals surface area contributed by atoms with E-state index in [9.17, 15) is 33.0 Å². The maximum Gasteiger partial charge on any atom is 0.417 e. The lowest BCUT2D eigenvalue weighted by Crippen LogP contribution is -2.45. The maximum absolute atomic E-state index is 13.3. The highest BCUT2D eigenvalue weighted by Crippen LogP contribution is 2.41. The number of aliphatic hydroxyl groups excluding tert-OH is 1. The van der Waals surface area contributed by atoms with E-state index in [0.717, 1.165) is 17.0 Å². The van der Waals surface area contributed by atoms with Crippen LogP contribution in [0.3, 0.4) is 0 Å². The fourth-order valence-corrected chi connectivity index (χ4v) is 3.45. The summed E-state index contributed by atoms with van der Waals surface area (Å²) in [6.45, 7) is 0.673. The number of hydrogen-bond donors (Lipinski definition) is 2. The van der Waals surface area contributed by atoms with Gasteiger partial charge in [-0.3, -0.25) is 4.79 Å². The van der Waals surface area contributed by atoms with Crippen molar-refractivity contribution in [1.29, 1.82) is 5.26 Å². The number of anilines is 1. The minimum Gasteiger partial charge on any atom is -0.508 e. The average molecular weight is 419 g/mol. The van der Waals surface area contributed by atoms with Crippen LogP contribution in [0, 0.1) is 11.3 Å². The summed E-state index contributed by atoms with van der Waals surface area (Å²) in [6.07, 6.45) is -4.86. The number of hydrogen-bond acceptors (Lipinski definition) is 5. The highest BCUT2D eigenvalue weighted by Gasteiger charge is 2.55. The van der Waals surface area contributed by atoms with E-state index in [2.05, 4.69) is 0 Å². The molecule has 1 fully saturated rings. The third-order valence-electron chi connectivity index (χ3n) is 5.02. The van der Waals surface area contributed by atoms with E-state index in [0.29, 0.717) is 16.5 Å². The van der Waals surface area contributed by atoms with Crippen molar-refractivity contribution >= 4 is 17.6 Å². The lowest BCUT2D eigenvalue weighted by atomic mass is 9.90. The molecule has 10 heteroatoms. The molecule has 1 aliphatic rings. The Morgan fingerprint density at radius 1 is 1.13 bits per heavy atom. The molecule has 0 spiro atoms. The zero-order valence-corrected chi connectivity index (χ0v) is 15.6. The van der Waals surface area contributed by atoms with Crippen LogP contribution >= 0.6 is 0 Å². The molecule has 156 valence electrons. The predicted molar refractivity (Wildman–Crippen MR) is 98.3 cm³/mol. The number of phenols is 1. The standard InChI is InChI=1S/C20H16F3N3O4/c1-19(13-3-6-15(28)7-4-13)17(29)26(18(30)25(19)8-9-27)14-5-2-12(11-24)16(10-14)20(21,22)23/h2-7,10,27-28H,8-9H2,1H3. The molecule has 0 bridgehead atoms. The van der Waals surface area contributed by atoms with Crippen molar-refractivity contribution in [2.75, 3.05) is 18.1 Å². The van der Waals surface area contributed by atoms with Crippen molar-refractivity contribution < 1.29 is 33.0 Å². The van der Waals surface area contributed by atoms with Crippen LogP contribution in [0.15, 0.2) is 42.5 Å². The molecule has 2 aromatic carbocycles. The molecule has 0 aliphatic carbocycles. The minimum atomic E-state index is -4.86. The van der Waals surface area contributed by atoms with Crippen molar-refractivity contribution in [2.24, 2.45) is 0 Å². The first-order valence-corrected chi connectivity index (χ1v) is 8.73. The van der Waals surface area contributed by atoms with Crippen molar-refractivity contribution in [2.45, 2.75) is 18.6 Å². The Kier molecular flexibility index (Phi) is 5.18. The van der Waals surface area contributed by atoms with Gasteiger partial charge in [0.25, 0.3) is 5.91 Å². The number of rotatable bonds is 4. The third kappa shape index (κ3) is 3.23. The Hall–Kier alpha value is -3.58. The van der Waals surface area contributed by atoms with Crippen LogP contribution in [0.25, 0.3) is 0 Å². The quantitative estimate of drug-likeness (QED) is 0.742. The van der Waals surface area contributed by atoms with Crippen molar-refractivity contribution in [3.63, 3.8) is 0 Å². The molecule has 0 saturated carbocycles. The molecule has 2 N–H and O–H groups in total. The van der Waals surface area contributed by atoms with Crippen LogP contribution in [0.2, 0.25) is 0 Å². The minimum absolute atomic E-state index is 0.0772. The van der Waals surface area contributed by atoms with Crippen molar-refractivity contribution in [1.82, 2.24) is 4.90 Å². The van der Waals surface area contributed by atoms with Gasteiger partial charge >= 0.3 is 12.2 Å². The summed E-state index contributed by atoms with van der Waals surface area (Å²) in [5.74, 6) is -0.906. The number of nitrogens with zero attached hydrogens (tertiary/aromatic N) is 3. The number of imide groups is 1. The predicted octanol–water partition coefficient (Wildman–Crippen LogP) is 2.96. The monoisotopic (exact) mass is 419 g/mol. The molecule has 30 heavy (non-hydrogen) atoms. The molecule has 1 heterocycles. The number of β-amino-alcohol motifs (C(OH)–C–C–N with tert-alkyl or cyclic N) is 1. The molecule has 3 amide bonds. The number of phenolic OH excluding ortho intramolecular Hbond substituents is 1. The van der Waals surface area contributed by atoms with E-state index in [1.165, 1.54) is 37.3 Å². The fourth-order valence-electron chi connectivity index (χ4n) is 3.45. The Balaban J connectivity index is 2.16. The van der Waals surface area contributed by atoms with Gasteiger partial charge in [-0.1, -0.05) is 12.1 Å². The second-order valence-electron chi connectivity index (χ2n) is 6.76. The maximum atomic E-state index is 13.3. The number of carbonyl (C=O) groups excluding carboxylic acids is 2. The number of amides is 3. The Bertz CT molecular complexity index is 1050. The molecule has 1 atom stereocenters. The Morgan fingerprint density at radius 2 is 1.77 bits per heavy atom. The molecular formula is C20H16F3N3O4. The Labute approximate surface area is 169 Å². The second-order valence-corrected chi connectivity index (χ2v) is 6.76. The summed E-state index contributed by atoms with van der Waals surface area (Å²) in [7, 11) is 0. The largest absolute Gasteiger partial charge is 0.508 e. The van der Waals surface area contributed by atoms with Gasteiger partial charge in [0.2, 0.25) is 0 Å². The molecule has 1 unspecified atom stereocenters. The van der Waals surface area contributed by atoms with E-state index in [1.807, 2.05) is 0 Å². The average Bonchev–Trinajstić information content (AvgIpc) is 2.89. The summed E-state index contributed by atoms with van der Waals surface area (Å²) in [5, 5.41) is 27.8. The summed E-state index contributed by atoms with van der Waals surface area (Å²) >= 11 is 0. The summed E-state index contributed by atoms with van der Waals surface area (Å²) in [4.78, 5) is 27.9. The van der Waals surface area contributed by atoms with Gasteiger partial charge in [0.05, 0.1) is 29.5 Å². The Morgan fingerprint density at radius 3 is 2.30 bits per heavy atom. The van der Waals surface area contributed by atoms with E-state index < -0.39 is 41.4 Å². The summed E-state index contributed by atoms with van der Waals surface area (Å²) < 4.78 is 40.0. The van der Waals surface area contributed by atoms with Gasteiger partial charge in [-0.15, -0.1) is 0 Å². The molecule has 1 aliphatic heterocycles. The van der Waals surface area contributed by atoms with Gasteiger partial charge in [0.15, 0.2) is 0 Å². The number of nitriles is 1. The summed E-state index contributed by atoms with van der Waals surface area (Å²) in [5.41, 5.74) is -3.57. The van der Waals surface area contributed by atoms with Gasteiger partial charge in [0.1, 0.15) is 11.3 Å². The van der Waals surface area contributed by atoms with Gasteiger partial charge in [0, 0.05) is 6.54 Å². The fraction of sp³-hybridized carbons (Fsp3) is 0.250. The van der Waals surface area contributed by atoms with Gasteiger partial charge in [-0.05, 0) is 42.8 Å². The normalized spacial score (nSPS) is 19.3. The molecule has 1 saturated heterocycles. The van der Waals surface area contributed by atoms with Crippen LogP contribution in [0.1, 0.15) is 23.6 Å². The van der Waals surface area contributed by atoms with Crippen LogP contribution in [-0.2, 0) is 16.5 Å². The molecule has 0 aromatic heterocycles. The lowest BCUT2D eigenvalue weighted by molar-refractivity contribution is -0.137. The number of carbonyl (C=O) groups is 2. The van der Waals surface area contributed by atoms with E-state index in [1.54, 1.807) is 0 Å². The molecular weight excluding hydrogens is 403 g/mol. The second kappa shape index (κ2) is 7.35. The number of aliphatic hydroxyl groups is 1. The molecule has 3 rings (SSSR count). The van der Waals surface area contributed by atoms with E-state index >= 15 is 0 Å². The SMILES string of the molecule is CC1(c2ccc(O)cc2)C(=O)N(c2ccc(C#N)c(C(F)(F)F)c2)C(=O)N1CCO. The number of benzene rings is 2. The topological polar surface area (TPSA) is 105 Å². The van der Waals surface area contributed by atoms with E-state index in [-0.39, 0.29) is 18.0 Å². The third-order valence-corrected chi connectivity index (χ3v) is 5.02. The number of halogens is 3. The van der Waals surface area contributed by atoms with Crippen LogP contribution in [0.4, 0.5) is 23.7 Å². The van der Waals surface area contributed by atoms with Crippen LogP contribution in [-0.4, -0.2) is 40.2 Å². The van der Waals surface area contributed by atoms with Gasteiger partial charge in [-0.2, -0.15) is 18.4 Å². The highest BCUT2D eigenvalue weighted by molar-refractivity contribution is 6.23. The molecule has 7 nitrogen and oxygen atoms in total.